The first-order valence-corrected chi connectivity index (χ1v) is 9.45. The van der Waals surface area contributed by atoms with Crippen molar-refractivity contribution < 1.29 is 0 Å². The number of hydrogen-bond acceptors (Lipinski definition) is 4. The second-order valence-electron chi connectivity index (χ2n) is 7.48. The van der Waals surface area contributed by atoms with Crippen molar-refractivity contribution in [2.45, 2.75) is 51.6 Å². The zero-order valence-corrected chi connectivity index (χ0v) is 15.2. The van der Waals surface area contributed by atoms with Crippen LogP contribution in [0.1, 0.15) is 55.7 Å². The van der Waals surface area contributed by atoms with Gasteiger partial charge in [0.1, 0.15) is 0 Å². The Morgan fingerprint density at radius 1 is 1.16 bits per heavy atom. The number of hydrogen-bond donors (Lipinski definition) is 3. The highest BCUT2D eigenvalue weighted by Gasteiger charge is 2.21. The van der Waals surface area contributed by atoms with E-state index in [2.05, 4.69) is 65.3 Å². The van der Waals surface area contributed by atoms with E-state index in [1.165, 1.54) is 40.9 Å². The molecule has 0 saturated carbocycles. The van der Waals surface area contributed by atoms with E-state index in [0.29, 0.717) is 12.0 Å². The van der Waals surface area contributed by atoms with Crippen molar-refractivity contribution in [3.8, 4) is 0 Å². The molecule has 3 heterocycles. The standard InChI is InChI=1S/C21H28N4/c1-14-9-17(10-15(2)24-14)18-11-16-3-6-23-13-20(16)21(12-18)25-19-4-7-22-8-5-19/h3,6,9,11-12,17,19,22-23,25H,4-5,7-8,10,13H2,1-2H3. The summed E-state index contributed by atoms with van der Waals surface area (Å²) in [6, 6.07) is 5.32. The van der Waals surface area contributed by atoms with Crippen LogP contribution in [0.5, 0.6) is 0 Å². The highest BCUT2D eigenvalue weighted by atomic mass is 15.0. The molecule has 3 aliphatic heterocycles. The van der Waals surface area contributed by atoms with Gasteiger partial charge in [0, 0.05) is 41.2 Å². The topological polar surface area (TPSA) is 48.4 Å². The normalized spacial score (nSPS) is 23.4. The van der Waals surface area contributed by atoms with Crippen molar-refractivity contribution in [1.29, 1.82) is 0 Å². The van der Waals surface area contributed by atoms with Gasteiger partial charge in [0.05, 0.1) is 0 Å². The van der Waals surface area contributed by atoms with E-state index in [1.54, 1.807) is 0 Å². The number of anilines is 1. The second-order valence-corrected chi connectivity index (χ2v) is 7.48. The molecule has 0 bridgehead atoms. The maximum Gasteiger partial charge on any atom is 0.0421 e. The summed E-state index contributed by atoms with van der Waals surface area (Å²) in [5, 5.41) is 10.7. The summed E-state index contributed by atoms with van der Waals surface area (Å²) in [7, 11) is 0. The molecule has 4 heteroatoms. The maximum absolute atomic E-state index is 4.59. The van der Waals surface area contributed by atoms with Crippen LogP contribution in [0.3, 0.4) is 0 Å². The molecule has 3 aliphatic rings. The van der Waals surface area contributed by atoms with Gasteiger partial charge in [-0.25, -0.2) is 0 Å². The average molecular weight is 336 g/mol. The van der Waals surface area contributed by atoms with Crippen molar-refractivity contribution in [3.05, 3.63) is 46.8 Å². The lowest BCUT2D eigenvalue weighted by Crippen LogP contribution is -2.35. The fourth-order valence-electron chi connectivity index (χ4n) is 4.17. The Morgan fingerprint density at radius 3 is 2.80 bits per heavy atom. The zero-order valence-electron chi connectivity index (χ0n) is 15.2. The third-order valence-electron chi connectivity index (χ3n) is 5.42. The summed E-state index contributed by atoms with van der Waals surface area (Å²) in [5.74, 6) is 0.430. The molecule has 0 amide bonds. The van der Waals surface area contributed by atoms with E-state index >= 15 is 0 Å². The van der Waals surface area contributed by atoms with Crippen molar-refractivity contribution in [1.82, 2.24) is 10.6 Å². The van der Waals surface area contributed by atoms with Crippen LogP contribution in [0.15, 0.2) is 35.1 Å². The van der Waals surface area contributed by atoms with Gasteiger partial charge in [0.15, 0.2) is 0 Å². The predicted octanol–water partition coefficient (Wildman–Crippen LogP) is 3.78. The molecule has 3 N–H and O–H groups in total. The fourth-order valence-corrected chi connectivity index (χ4v) is 4.17. The summed E-state index contributed by atoms with van der Waals surface area (Å²) < 4.78 is 0. The number of aliphatic imine (C=N–C) groups is 1. The lowest BCUT2D eigenvalue weighted by molar-refractivity contribution is 0.478. The van der Waals surface area contributed by atoms with E-state index in [4.69, 9.17) is 0 Å². The molecule has 0 radical (unpaired) electrons. The first kappa shape index (κ1) is 16.4. The number of rotatable bonds is 3. The molecule has 1 atom stereocenters. The smallest absolute Gasteiger partial charge is 0.0421 e. The third kappa shape index (κ3) is 3.64. The van der Waals surface area contributed by atoms with E-state index in [-0.39, 0.29) is 0 Å². The minimum Gasteiger partial charge on any atom is -0.387 e. The Labute approximate surface area is 150 Å². The van der Waals surface area contributed by atoms with Gasteiger partial charge in [-0.2, -0.15) is 0 Å². The highest BCUT2D eigenvalue weighted by Crippen LogP contribution is 2.34. The average Bonchev–Trinajstić information content (AvgIpc) is 2.62. The molecule has 1 aromatic rings. The first-order valence-electron chi connectivity index (χ1n) is 9.45. The van der Waals surface area contributed by atoms with Crippen LogP contribution in [0.4, 0.5) is 5.69 Å². The van der Waals surface area contributed by atoms with Gasteiger partial charge in [0.25, 0.3) is 0 Å². The van der Waals surface area contributed by atoms with Crippen LogP contribution in [-0.2, 0) is 6.54 Å². The molecule has 1 saturated heterocycles. The van der Waals surface area contributed by atoms with Gasteiger partial charge in [0.2, 0.25) is 0 Å². The molecule has 132 valence electrons. The van der Waals surface area contributed by atoms with Gasteiger partial charge >= 0.3 is 0 Å². The quantitative estimate of drug-likeness (QED) is 0.787. The van der Waals surface area contributed by atoms with Gasteiger partial charge < -0.3 is 16.0 Å². The molecular formula is C21H28N4. The lowest BCUT2D eigenvalue weighted by Gasteiger charge is -2.29. The van der Waals surface area contributed by atoms with Gasteiger partial charge in [-0.1, -0.05) is 12.1 Å². The molecule has 0 aromatic heterocycles. The molecular weight excluding hydrogens is 308 g/mol. The Morgan fingerprint density at radius 2 is 2.00 bits per heavy atom. The molecule has 1 aromatic carbocycles. The van der Waals surface area contributed by atoms with Crippen LogP contribution in [0.2, 0.25) is 0 Å². The monoisotopic (exact) mass is 336 g/mol. The zero-order chi connectivity index (χ0) is 17.2. The molecule has 0 aliphatic carbocycles. The number of benzene rings is 1. The van der Waals surface area contributed by atoms with Gasteiger partial charge in [-0.15, -0.1) is 0 Å². The Hall–Kier alpha value is -2.07. The summed E-state index contributed by atoms with van der Waals surface area (Å²) >= 11 is 0. The Kier molecular flexibility index (Phi) is 4.62. The van der Waals surface area contributed by atoms with Crippen LogP contribution in [-0.4, -0.2) is 24.8 Å². The van der Waals surface area contributed by atoms with Gasteiger partial charge in [-0.3, -0.25) is 4.99 Å². The Bertz CT molecular complexity index is 739. The molecule has 4 rings (SSSR count). The summed E-state index contributed by atoms with van der Waals surface area (Å²) in [6.45, 7) is 7.36. The van der Waals surface area contributed by atoms with Crippen molar-refractivity contribution in [2.24, 2.45) is 4.99 Å². The number of nitrogens with one attached hydrogen (secondary N) is 3. The number of piperidine rings is 1. The van der Waals surface area contributed by atoms with Crippen molar-refractivity contribution >= 4 is 17.5 Å². The van der Waals surface area contributed by atoms with Crippen LogP contribution >= 0.6 is 0 Å². The van der Waals surface area contributed by atoms with E-state index in [0.717, 1.165) is 31.8 Å². The SMILES string of the molecule is CC1=CC(c2cc3c(c(NC4CCNCC4)c2)CNC=C3)CC(C)=N1. The second kappa shape index (κ2) is 7.04. The highest BCUT2D eigenvalue weighted by molar-refractivity contribution is 5.85. The lowest BCUT2D eigenvalue weighted by atomic mass is 9.87. The van der Waals surface area contributed by atoms with E-state index in [9.17, 15) is 0 Å². The number of allylic oxidation sites excluding steroid dienone is 2. The van der Waals surface area contributed by atoms with Crippen LogP contribution < -0.4 is 16.0 Å². The van der Waals surface area contributed by atoms with Crippen LogP contribution in [0, 0.1) is 0 Å². The number of nitrogens with zero attached hydrogens (tertiary/aromatic N) is 1. The maximum atomic E-state index is 4.59. The van der Waals surface area contributed by atoms with E-state index < -0.39 is 0 Å². The third-order valence-corrected chi connectivity index (χ3v) is 5.42. The molecule has 4 nitrogen and oxygen atoms in total. The Balaban J connectivity index is 1.67. The summed E-state index contributed by atoms with van der Waals surface area (Å²) in [6.07, 6.45) is 9.98. The molecule has 25 heavy (non-hydrogen) atoms. The largest absolute Gasteiger partial charge is 0.387 e. The van der Waals surface area contributed by atoms with Gasteiger partial charge in [-0.05, 0) is 75.7 Å². The molecule has 1 fully saturated rings. The van der Waals surface area contributed by atoms with Crippen molar-refractivity contribution in [2.75, 3.05) is 18.4 Å². The summed E-state index contributed by atoms with van der Waals surface area (Å²) in [5.41, 5.74) is 7.81. The minimum atomic E-state index is 0.430. The fraction of sp³-hybridized carbons (Fsp3) is 0.476. The predicted molar refractivity (Wildman–Crippen MR) is 106 cm³/mol. The van der Waals surface area contributed by atoms with Crippen LogP contribution in [0.25, 0.3) is 6.08 Å². The summed E-state index contributed by atoms with van der Waals surface area (Å²) in [4.78, 5) is 4.59. The molecule has 0 spiro atoms. The van der Waals surface area contributed by atoms with E-state index in [1.807, 2.05) is 0 Å². The molecule has 1 unspecified atom stereocenters. The first-order chi connectivity index (χ1) is 12.2. The minimum absolute atomic E-state index is 0.430. The van der Waals surface area contributed by atoms with Crippen molar-refractivity contribution in [3.63, 3.8) is 0 Å². The number of fused-ring (bicyclic) bond motifs is 1.